The van der Waals surface area contributed by atoms with Crippen LogP contribution in [-0.2, 0) is 10.9 Å². The van der Waals surface area contributed by atoms with Crippen molar-refractivity contribution in [2.75, 3.05) is 14.2 Å². The highest BCUT2D eigenvalue weighted by atomic mass is 19.4. The first-order valence-corrected chi connectivity index (χ1v) is 6.90. The number of rotatable bonds is 5. The third-order valence-electron chi connectivity index (χ3n) is 4.32. The molecule has 6 heteroatoms. The Hall–Kier alpha value is -1.14. The van der Waals surface area contributed by atoms with Crippen LogP contribution in [0.1, 0.15) is 42.9 Å². The van der Waals surface area contributed by atoms with E-state index < -0.39 is 17.6 Å². The summed E-state index contributed by atoms with van der Waals surface area (Å²) >= 11 is 0. The molecule has 1 fully saturated rings. The summed E-state index contributed by atoms with van der Waals surface area (Å²) in [4.78, 5) is 0. The quantitative estimate of drug-likeness (QED) is 0.828. The molecule has 21 heavy (non-hydrogen) atoms. The molecule has 0 amide bonds. The number of alkyl halides is 3. The molecular formula is C15H19F4NO. The van der Waals surface area contributed by atoms with Crippen molar-refractivity contribution in [2.24, 2.45) is 0 Å². The lowest BCUT2D eigenvalue weighted by Gasteiger charge is -2.43. The van der Waals surface area contributed by atoms with Crippen molar-refractivity contribution in [3.8, 4) is 0 Å². The zero-order chi connectivity index (χ0) is 15.7. The minimum Gasteiger partial charge on any atom is -0.378 e. The summed E-state index contributed by atoms with van der Waals surface area (Å²) in [5.74, 6) is -1.24. The largest absolute Gasteiger partial charge is 0.419 e. The van der Waals surface area contributed by atoms with E-state index in [1.165, 1.54) is 6.07 Å². The van der Waals surface area contributed by atoms with Gasteiger partial charge in [0.15, 0.2) is 0 Å². The van der Waals surface area contributed by atoms with E-state index in [0.717, 1.165) is 31.4 Å². The van der Waals surface area contributed by atoms with E-state index in [1.807, 2.05) is 0 Å². The van der Waals surface area contributed by atoms with Crippen molar-refractivity contribution >= 4 is 0 Å². The van der Waals surface area contributed by atoms with Gasteiger partial charge in [-0.15, -0.1) is 0 Å². The molecule has 118 valence electrons. The lowest BCUT2D eigenvalue weighted by molar-refractivity contribution is -0.140. The van der Waals surface area contributed by atoms with Crippen LogP contribution in [0.2, 0.25) is 0 Å². The molecule has 0 aromatic heterocycles. The number of nitrogens with one attached hydrogen (secondary N) is 1. The molecule has 1 aliphatic carbocycles. The fourth-order valence-electron chi connectivity index (χ4n) is 2.80. The average molecular weight is 305 g/mol. The standard InChI is InChI=1S/C15H19F4NO/c1-20-13(9-14(21-2)6-3-7-14)10-4-5-11(12(16)8-10)15(17,18)19/h4-5,8,13,20H,3,6-7,9H2,1-2H3. The number of halogens is 4. The Morgan fingerprint density at radius 2 is 2.00 bits per heavy atom. The number of methoxy groups -OCH3 is 1. The smallest absolute Gasteiger partial charge is 0.378 e. The molecule has 1 atom stereocenters. The van der Waals surface area contributed by atoms with E-state index in [4.69, 9.17) is 4.74 Å². The van der Waals surface area contributed by atoms with Crippen LogP contribution in [0.4, 0.5) is 17.6 Å². The van der Waals surface area contributed by atoms with Gasteiger partial charge in [-0.2, -0.15) is 13.2 Å². The molecule has 1 aromatic rings. The van der Waals surface area contributed by atoms with Crippen LogP contribution in [0.3, 0.4) is 0 Å². The molecule has 0 bridgehead atoms. The van der Waals surface area contributed by atoms with Crippen molar-refractivity contribution in [3.63, 3.8) is 0 Å². The number of hydrogen-bond acceptors (Lipinski definition) is 2. The van der Waals surface area contributed by atoms with Gasteiger partial charge in [-0.1, -0.05) is 6.07 Å². The van der Waals surface area contributed by atoms with E-state index in [-0.39, 0.29) is 11.6 Å². The molecule has 1 N–H and O–H groups in total. The SMILES string of the molecule is CNC(CC1(OC)CCC1)c1ccc(C(F)(F)F)c(F)c1. The highest BCUT2D eigenvalue weighted by molar-refractivity contribution is 5.29. The lowest BCUT2D eigenvalue weighted by atomic mass is 9.74. The van der Waals surface area contributed by atoms with Crippen molar-refractivity contribution in [1.82, 2.24) is 5.32 Å². The van der Waals surface area contributed by atoms with Gasteiger partial charge in [-0.3, -0.25) is 0 Å². The number of ether oxygens (including phenoxy) is 1. The maximum absolute atomic E-state index is 13.7. The summed E-state index contributed by atoms with van der Waals surface area (Å²) < 4.78 is 56.9. The molecule has 2 rings (SSSR count). The van der Waals surface area contributed by atoms with E-state index in [9.17, 15) is 17.6 Å². The van der Waals surface area contributed by atoms with E-state index in [0.29, 0.717) is 12.0 Å². The van der Waals surface area contributed by atoms with Gasteiger partial charge in [0.25, 0.3) is 0 Å². The summed E-state index contributed by atoms with van der Waals surface area (Å²) in [7, 11) is 3.35. The summed E-state index contributed by atoms with van der Waals surface area (Å²) in [5, 5.41) is 3.03. The molecule has 1 aromatic carbocycles. The second-order valence-corrected chi connectivity index (χ2v) is 5.52. The molecule has 0 aliphatic heterocycles. The van der Waals surface area contributed by atoms with Crippen LogP contribution in [0, 0.1) is 5.82 Å². The first-order chi connectivity index (χ1) is 9.81. The topological polar surface area (TPSA) is 21.3 Å². The van der Waals surface area contributed by atoms with Crippen LogP contribution in [0.25, 0.3) is 0 Å². The van der Waals surface area contributed by atoms with Gasteiger partial charge in [0.1, 0.15) is 5.82 Å². The molecular weight excluding hydrogens is 286 g/mol. The summed E-state index contributed by atoms with van der Waals surface area (Å²) in [6.45, 7) is 0. The second-order valence-electron chi connectivity index (χ2n) is 5.52. The molecule has 0 saturated heterocycles. The predicted molar refractivity (Wildman–Crippen MR) is 71.4 cm³/mol. The molecule has 1 unspecified atom stereocenters. The summed E-state index contributed by atoms with van der Waals surface area (Å²) in [6, 6.07) is 2.86. The van der Waals surface area contributed by atoms with Crippen LogP contribution < -0.4 is 5.32 Å². The highest BCUT2D eigenvalue weighted by Crippen LogP contribution is 2.42. The molecule has 1 saturated carbocycles. The van der Waals surface area contributed by atoms with Crippen molar-refractivity contribution in [3.05, 3.63) is 35.1 Å². The van der Waals surface area contributed by atoms with Crippen LogP contribution in [-0.4, -0.2) is 19.8 Å². The van der Waals surface area contributed by atoms with Gasteiger partial charge in [0.05, 0.1) is 11.2 Å². The molecule has 0 radical (unpaired) electrons. The second kappa shape index (κ2) is 5.93. The first kappa shape index (κ1) is 16.2. The van der Waals surface area contributed by atoms with Crippen LogP contribution >= 0.6 is 0 Å². The molecule has 0 heterocycles. The Balaban J connectivity index is 2.21. The zero-order valence-corrected chi connectivity index (χ0v) is 12.1. The normalized spacial score (nSPS) is 19.1. The van der Waals surface area contributed by atoms with E-state index >= 15 is 0 Å². The zero-order valence-electron chi connectivity index (χ0n) is 12.1. The Bertz CT molecular complexity index is 491. The summed E-state index contributed by atoms with van der Waals surface area (Å²) in [6.07, 6.45) is -1.13. The molecule has 1 aliphatic rings. The number of benzene rings is 1. The van der Waals surface area contributed by atoms with Gasteiger partial charge in [0.2, 0.25) is 0 Å². The molecule has 2 nitrogen and oxygen atoms in total. The van der Waals surface area contributed by atoms with Crippen molar-refractivity contribution in [2.45, 2.75) is 43.5 Å². The average Bonchev–Trinajstić information content (AvgIpc) is 2.37. The predicted octanol–water partition coefficient (Wildman–Crippen LogP) is 4.06. The third kappa shape index (κ3) is 3.37. The van der Waals surface area contributed by atoms with E-state index in [1.54, 1.807) is 14.2 Å². The van der Waals surface area contributed by atoms with Gasteiger partial charge in [-0.25, -0.2) is 4.39 Å². The molecule has 0 spiro atoms. The first-order valence-electron chi connectivity index (χ1n) is 6.90. The van der Waals surface area contributed by atoms with Gasteiger partial charge in [-0.05, 0) is 50.4 Å². The fourth-order valence-corrected chi connectivity index (χ4v) is 2.80. The van der Waals surface area contributed by atoms with Crippen molar-refractivity contribution < 1.29 is 22.3 Å². The van der Waals surface area contributed by atoms with Crippen LogP contribution in [0.15, 0.2) is 18.2 Å². The van der Waals surface area contributed by atoms with Gasteiger partial charge in [0, 0.05) is 13.2 Å². The monoisotopic (exact) mass is 305 g/mol. The van der Waals surface area contributed by atoms with Crippen molar-refractivity contribution in [1.29, 1.82) is 0 Å². The number of hydrogen-bond donors (Lipinski definition) is 1. The van der Waals surface area contributed by atoms with Crippen LogP contribution in [0.5, 0.6) is 0 Å². The van der Waals surface area contributed by atoms with Gasteiger partial charge >= 0.3 is 6.18 Å². The van der Waals surface area contributed by atoms with E-state index in [2.05, 4.69) is 5.32 Å². The minimum atomic E-state index is -4.67. The highest BCUT2D eigenvalue weighted by Gasteiger charge is 2.39. The Morgan fingerprint density at radius 3 is 2.38 bits per heavy atom. The summed E-state index contributed by atoms with van der Waals surface area (Å²) in [5.41, 5.74) is -0.968. The van der Waals surface area contributed by atoms with Gasteiger partial charge < -0.3 is 10.1 Å². The fraction of sp³-hybridized carbons (Fsp3) is 0.600. The third-order valence-corrected chi connectivity index (χ3v) is 4.32. The maximum atomic E-state index is 13.7. The lowest BCUT2D eigenvalue weighted by Crippen LogP contribution is -2.42. The minimum absolute atomic E-state index is 0.234. The Kier molecular flexibility index (Phi) is 4.58. The Morgan fingerprint density at radius 1 is 1.33 bits per heavy atom. The Labute approximate surface area is 121 Å². The maximum Gasteiger partial charge on any atom is 0.419 e.